The van der Waals surface area contributed by atoms with Gasteiger partial charge in [0, 0.05) is 21.2 Å². The van der Waals surface area contributed by atoms with E-state index in [-0.39, 0.29) is 11.1 Å². The maximum atomic E-state index is 13.4. The minimum absolute atomic E-state index is 0.0120. The predicted molar refractivity (Wildman–Crippen MR) is 91.1 cm³/mol. The van der Waals surface area contributed by atoms with Crippen molar-refractivity contribution < 1.29 is 4.39 Å². The number of hydrazine groups is 1. The summed E-state index contributed by atoms with van der Waals surface area (Å²) in [4.78, 5) is 1.16. The summed E-state index contributed by atoms with van der Waals surface area (Å²) in [6.07, 6.45) is 0.580. The Morgan fingerprint density at radius 3 is 2.62 bits per heavy atom. The van der Waals surface area contributed by atoms with E-state index >= 15 is 0 Å². The number of rotatable bonds is 6. The van der Waals surface area contributed by atoms with Crippen molar-refractivity contribution >= 4 is 39.3 Å². The lowest BCUT2D eigenvalue weighted by Gasteiger charge is -2.16. The van der Waals surface area contributed by atoms with E-state index in [0.717, 1.165) is 20.7 Å². The molecule has 112 valence electrons. The van der Waals surface area contributed by atoms with E-state index in [1.165, 1.54) is 6.07 Å². The molecule has 2 aromatic carbocycles. The minimum atomic E-state index is -0.398. The van der Waals surface area contributed by atoms with Crippen LogP contribution in [-0.4, -0.2) is 11.8 Å². The summed E-state index contributed by atoms with van der Waals surface area (Å²) in [6.45, 7) is 0. The molecule has 1 unspecified atom stereocenters. The predicted octanol–water partition coefficient (Wildman–Crippen LogP) is 4.41. The van der Waals surface area contributed by atoms with Crippen molar-refractivity contribution in [1.82, 2.24) is 5.43 Å². The topological polar surface area (TPSA) is 38.0 Å². The summed E-state index contributed by atoms with van der Waals surface area (Å²) in [7, 11) is 0. The molecule has 0 saturated carbocycles. The lowest BCUT2D eigenvalue weighted by atomic mass is 10.1. The van der Waals surface area contributed by atoms with Gasteiger partial charge in [0.15, 0.2) is 0 Å². The van der Waals surface area contributed by atoms with Gasteiger partial charge in [-0.05, 0) is 42.3 Å². The highest BCUT2D eigenvalue weighted by molar-refractivity contribution is 9.10. The molecule has 21 heavy (non-hydrogen) atoms. The summed E-state index contributed by atoms with van der Waals surface area (Å²) >= 11 is 11.1. The Kier molecular flexibility index (Phi) is 6.51. The van der Waals surface area contributed by atoms with Crippen LogP contribution in [0.1, 0.15) is 5.56 Å². The number of benzene rings is 2. The highest BCUT2D eigenvalue weighted by Crippen LogP contribution is 2.24. The van der Waals surface area contributed by atoms with Gasteiger partial charge in [0.2, 0.25) is 0 Å². The molecule has 0 aliphatic heterocycles. The third kappa shape index (κ3) is 4.97. The molecule has 0 aliphatic carbocycles. The molecule has 2 rings (SSSR count). The van der Waals surface area contributed by atoms with E-state index in [1.807, 2.05) is 30.3 Å². The van der Waals surface area contributed by atoms with Gasteiger partial charge in [-0.2, -0.15) is 0 Å². The van der Waals surface area contributed by atoms with Crippen molar-refractivity contribution in [1.29, 1.82) is 0 Å². The maximum Gasteiger partial charge on any atom is 0.142 e. The molecule has 0 saturated heterocycles. The van der Waals surface area contributed by atoms with Crippen LogP contribution >= 0.6 is 39.3 Å². The molecular formula is C15H15BrClFN2S. The van der Waals surface area contributed by atoms with Crippen molar-refractivity contribution in [3.05, 3.63) is 63.3 Å². The van der Waals surface area contributed by atoms with Crippen LogP contribution in [0.5, 0.6) is 0 Å². The number of nitrogens with one attached hydrogen (secondary N) is 1. The van der Waals surface area contributed by atoms with Gasteiger partial charge in [0.05, 0.1) is 5.02 Å². The molecule has 0 bridgehead atoms. The van der Waals surface area contributed by atoms with Gasteiger partial charge in [0.25, 0.3) is 0 Å². The molecule has 0 heterocycles. The first-order valence-electron chi connectivity index (χ1n) is 6.37. The molecule has 0 amide bonds. The van der Waals surface area contributed by atoms with E-state index in [9.17, 15) is 4.39 Å². The van der Waals surface area contributed by atoms with Gasteiger partial charge in [0.1, 0.15) is 5.82 Å². The van der Waals surface area contributed by atoms with E-state index in [4.69, 9.17) is 17.4 Å². The average Bonchev–Trinajstić information content (AvgIpc) is 2.49. The van der Waals surface area contributed by atoms with Crippen molar-refractivity contribution in [3.8, 4) is 0 Å². The number of halogens is 3. The summed E-state index contributed by atoms with van der Waals surface area (Å²) in [5, 5.41) is 0.173. The van der Waals surface area contributed by atoms with Gasteiger partial charge >= 0.3 is 0 Å². The monoisotopic (exact) mass is 388 g/mol. The van der Waals surface area contributed by atoms with Gasteiger partial charge in [-0.1, -0.05) is 39.7 Å². The standard InChI is InChI=1S/C15H15BrClFN2S/c16-11-4-6-13(7-5-11)21-9-12(20-19)8-10-2-1-3-14(18)15(10)17/h1-7,12,20H,8-9,19H2. The zero-order valence-electron chi connectivity index (χ0n) is 11.2. The molecular weight excluding hydrogens is 375 g/mol. The maximum absolute atomic E-state index is 13.4. The van der Waals surface area contributed by atoms with Gasteiger partial charge < -0.3 is 0 Å². The summed E-state index contributed by atoms with van der Waals surface area (Å²) in [5.41, 5.74) is 3.53. The fourth-order valence-electron chi connectivity index (χ4n) is 1.87. The fraction of sp³-hybridized carbons (Fsp3) is 0.200. The van der Waals surface area contributed by atoms with Crippen LogP contribution in [0.25, 0.3) is 0 Å². The number of hydrogen-bond acceptors (Lipinski definition) is 3. The van der Waals surface area contributed by atoms with E-state index in [1.54, 1.807) is 17.8 Å². The van der Waals surface area contributed by atoms with Crippen LogP contribution in [0.3, 0.4) is 0 Å². The Labute approximate surface area is 141 Å². The van der Waals surface area contributed by atoms with Crippen LogP contribution in [0.4, 0.5) is 4.39 Å². The summed E-state index contributed by atoms with van der Waals surface area (Å²) in [6, 6.07) is 12.9. The van der Waals surface area contributed by atoms with Crippen molar-refractivity contribution in [2.45, 2.75) is 17.4 Å². The first-order valence-corrected chi connectivity index (χ1v) is 8.53. The van der Waals surface area contributed by atoms with Crippen molar-refractivity contribution in [3.63, 3.8) is 0 Å². The number of hydrogen-bond donors (Lipinski definition) is 2. The number of thioether (sulfide) groups is 1. The lowest BCUT2D eigenvalue weighted by molar-refractivity contribution is 0.571. The Balaban J connectivity index is 1.97. The molecule has 0 aliphatic rings. The number of nitrogens with two attached hydrogens (primary N) is 1. The Bertz CT molecular complexity index is 595. The third-order valence-corrected chi connectivity index (χ3v) is 5.12. The molecule has 2 nitrogen and oxygen atoms in total. The first kappa shape index (κ1) is 16.8. The smallest absolute Gasteiger partial charge is 0.142 e. The Hall–Kier alpha value is -0.590. The van der Waals surface area contributed by atoms with Gasteiger partial charge in [-0.3, -0.25) is 11.3 Å². The largest absolute Gasteiger partial charge is 0.271 e. The Morgan fingerprint density at radius 2 is 1.95 bits per heavy atom. The van der Waals surface area contributed by atoms with Gasteiger partial charge in [-0.25, -0.2) is 4.39 Å². The molecule has 6 heteroatoms. The SMILES string of the molecule is NNC(CSc1ccc(Br)cc1)Cc1cccc(F)c1Cl. The second-order valence-electron chi connectivity index (χ2n) is 4.55. The first-order chi connectivity index (χ1) is 10.1. The fourth-order valence-corrected chi connectivity index (χ4v) is 3.27. The molecule has 0 radical (unpaired) electrons. The average molecular weight is 390 g/mol. The zero-order valence-corrected chi connectivity index (χ0v) is 14.3. The van der Waals surface area contributed by atoms with Crippen LogP contribution < -0.4 is 11.3 Å². The summed E-state index contributed by atoms with van der Waals surface area (Å²) in [5.74, 6) is 5.96. The molecule has 1 atom stereocenters. The molecule has 0 fully saturated rings. The molecule has 2 aromatic rings. The lowest BCUT2D eigenvalue weighted by Crippen LogP contribution is -2.38. The minimum Gasteiger partial charge on any atom is -0.271 e. The van der Waals surface area contributed by atoms with E-state index in [0.29, 0.717) is 6.42 Å². The van der Waals surface area contributed by atoms with E-state index < -0.39 is 5.82 Å². The summed E-state index contributed by atoms with van der Waals surface area (Å²) < 4.78 is 14.5. The van der Waals surface area contributed by atoms with Gasteiger partial charge in [-0.15, -0.1) is 11.8 Å². The van der Waals surface area contributed by atoms with Crippen LogP contribution in [0.2, 0.25) is 5.02 Å². The second-order valence-corrected chi connectivity index (χ2v) is 6.93. The zero-order chi connectivity index (χ0) is 15.2. The molecule has 0 aromatic heterocycles. The highest BCUT2D eigenvalue weighted by atomic mass is 79.9. The van der Waals surface area contributed by atoms with Crippen LogP contribution in [0.15, 0.2) is 51.8 Å². The quantitative estimate of drug-likeness (QED) is 0.437. The third-order valence-electron chi connectivity index (χ3n) is 3.00. The highest BCUT2D eigenvalue weighted by Gasteiger charge is 2.13. The molecule has 3 N–H and O–H groups in total. The molecule has 0 spiro atoms. The van der Waals surface area contributed by atoms with E-state index in [2.05, 4.69) is 21.4 Å². The van der Waals surface area contributed by atoms with Crippen LogP contribution in [-0.2, 0) is 6.42 Å². The Morgan fingerprint density at radius 1 is 1.24 bits per heavy atom. The van der Waals surface area contributed by atoms with Crippen molar-refractivity contribution in [2.75, 3.05) is 5.75 Å². The second kappa shape index (κ2) is 8.15. The van der Waals surface area contributed by atoms with Crippen LogP contribution in [0, 0.1) is 5.82 Å². The van der Waals surface area contributed by atoms with Crippen molar-refractivity contribution in [2.24, 2.45) is 5.84 Å². The normalized spacial score (nSPS) is 12.4.